The number of alkyl halides is 2. The van der Waals surface area contributed by atoms with Gasteiger partial charge in [0, 0.05) is 0 Å². The van der Waals surface area contributed by atoms with Gasteiger partial charge >= 0.3 is 12.6 Å². The van der Waals surface area contributed by atoms with E-state index in [2.05, 4.69) is 6.92 Å². The number of unbranched alkanes of at least 4 members (excludes halogenated alkanes) is 1. The molecule has 0 amide bonds. The molecule has 0 radical (unpaired) electrons. The molecule has 3 nitrogen and oxygen atoms in total. The predicted octanol–water partition coefficient (Wildman–Crippen LogP) is 6.41. The second-order valence-corrected chi connectivity index (χ2v) is 8.20. The molecule has 0 spiro atoms. The van der Waals surface area contributed by atoms with Crippen molar-refractivity contribution in [3.8, 4) is 0 Å². The number of halogens is 2. The fourth-order valence-electron chi connectivity index (χ4n) is 4.71. The first-order chi connectivity index (χ1) is 13.9. The highest BCUT2D eigenvalue weighted by atomic mass is 19.3. The van der Waals surface area contributed by atoms with Crippen LogP contribution in [0.3, 0.4) is 0 Å². The van der Waals surface area contributed by atoms with E-state index in [1.165, 1.54) is 43.6 Å². The van der Waals surface area contributed by atoms with Crippen molar-refractivity contribution in [2.75, 3.05) is 0 Å². The zero-order chi connectivity index (χ0) is 20.9. The Morgan fingerprint density at radius 3 is 2.41 bits per heavy atom. The molecule has 5 heteroatoms. The number of hydrogen-bond donors (Lipinski definition) is 1. The van der Waals surface area contributed by atoms with E-state index < -0.39 is 24.1 Å². The van der Waals surface area contributed by atoms with Crippen LogP contribution >= 0.6 is 0 Å². The Kier molecular flexibility index (Phi) is 7.23. The molecule has 158 valence electrons. The minimum absolute atomic E-state index is 0.307. The molecular weight excluding hydrogens is 374 g/mol. The summed E-state index contributed by atoms with van der Waals surface area (Å²) in [5.41, 5.74) is 0.286. The fraction of sp³-hybridized carbons (Fsp3) is 0.542. The molecule has 0 aromatic heterocycles. The van der Waals surface area contributed by atoms with Crippen molar-refractivity contribution < 1.29 is 23.4 Å². The Labute approximate surface area is 171 Å². The standard InChI is InChI=1S/C24H30F2O3/c1-2-3-6-17-9-11-18(12-10-17)20-7-4-5-8-21(20)24(29-23(25)26)15-13-19(14-16-24)22(27)28/h4-5,7-8,13-19,23H,2-3,6,9-12H2,1H3,(H,27,28)/t17-,18-,19?,24?. The van der Waals surface area contributed by atoms with E-state index in [9.17, 15) is 18.7 Å². The van der Waals surface area contributed by atoms with E-state index in [1.807, 2.05) is 24.3 Å². The molecule has 3 rings (SSSR count). The molecule has 0 aliphatic heterocycles. The highest BCUT2D eigenvalue weighted by Crippen LogP contribution is 2.44. The average Bonchev–Trinajstić information content (AvgIpc) is 2.72. The molecule has 2 aliphatic rings. The first-order valence-corrected chi connectivity index (χ1v) is 10.6. The highest BCUT2D eigenvalue weighted by Gasteiger charge is 2.38. The number of benzene rings is 1. The van der Waals surface area contributed by atoms with Gasteiger partial charge in [-0.15, -0.1) is 0 Å². The minimum atomic E-state index is -2.97. The normalized spacial score (nSPS) is 29.3. The van der Waals surface area contributed by atoms with Crippen molar-refractivity contribution in [2.45, 2.75) is 70.0 Å². The number of hydrogen-bond acceptors (Lipinski definition) is 2. The van der Waals surface area contributed by atoms with Gasteiger partial charge in [0.1, 0.15) is 5.60 Å². The van der Waals surface area contributed by atoms with E-state index in [1.54, 1.807) is 0 Å². The molecule has 1 fully saturated rings. The van der Waals surface area contributed by atoms with Crippen LogP contribution in [0.1, 0.15) is 68.9 Å². The predicted molar refractivity (Wildman–Crippen MR) is 109 cm³/mol. The zero-order valence-corrected chi connectivity index (χ0v) is 16.9. The van der Waals surface area contributed by atoms with Crippen LogP contribution in [0.5, 0.6) is 0 Å². The molecule has 1 N–H and O–H groups in total. The molecule has 1 aromatic rings. The summed E-state index contributed by atoms with van der Waals surface area (Å²) in [7, 11) is 0. The third-order valence-electron chi connectivity index (χ3n) is 6.31. The van der Waals surface area contributed by atoms with E-state index in [0.717, 1.165) is 37.2 Å². The van der Waals surface area contributed by atoms with Crippen LogP contribution in [0.15, 0.2) is 48.6 Å². The summed E-state index contributed by atoms with van der Waals surface area (Å²) in [4.78, 5) is 11.3. The largest absolute Gasteiger partial charge is 0.481 e. The van der Waals surface area contributed by atoms with Gasteiger partial charge in [0.25, 0.3) is 0 Å². The van der Waals surface area contributed by atoms with Crippen LogP contribution in [0, 0.1) is 11.8 Å². The fourth-order valence-corrected chi connectivity index (χ4v) is 4.71. The lowest BCUT2D eigenvalue weighted by atomic mass is 9.73. The maximum Gasteiger partial charge on any atom is 0.346 e. The van der Waals surface area contributed by atoms with E-state index in [0.29, 0.717) is 11.5 Å². The second-order valence-electron chi connectivity index (χ2n) is 8.20. The monoisotopic (exact) mass is 404 g/mol. The van der Waals surface area contributed by atoms with Crippen LogP contribution < -0.4 is 0 Å². The van der Waals surface area contributed by atoms with E-state index in [4.69, 9.17) is 4.74 Å². The van der Waals surface area contributed by atoms with Crippen molar-refractivity contribution >= 4 is 5.97 Å². The number of aliphatic carboxylic acids is 1. The minimum Gasteiger partial charge on any atom is -0.481 e. The lowest BCUT2D eigenvalue weighted by molar-refractivity contribution is -0.180. The average molecular weight is 404 g/mol. The van der Waals surface area contributed by atoms with Crippen molar-refractivity contribution in [3.05, 3.63) is 59.7 Å². The maximum atomic E-state index is 13.3. The summed E-state index contributed by atoms with van der Waals surface area (Å²) < 4.78 is 31.8. The highest BCUT2D eigenvalue weighted by molar-refractivity contribution is 5.75. The van der Waals surface area contributed by atoms with Crippen LogP contribution in [0.4, 0.5) is 8.78 Å². The van der Waals surface area contributed by atoms with Crippen LogP contribution in [-0.4, -0.2) is 17.7 Å². The zero-order valence-electron chi connectivity index (χ0n) is 16.9. The molecule has 29 heavy (non-hydrogen) atoms. The van der Waals surface area contributed by atoms with E-state index >= 15 is 0 Å². The Morgan fingerprint density at radius 1 is 1.17 bits per heavy atom. The summed E-state index contributed by atoms with van der Waals surface area (Å²) >= 11 is 0. The summed E-state index contributed by atoms with van der Waals surface area (Å²) in [6.45, 7) is -0.756. The van der Waals surface area contributed by atoms with Gasteiger partial charge in [0.15, 0.2) is 0 Å². The van der Waals surface area contributed by atoms with Crippen molar-refractivity contribution in [1.82, 2.24) is 0 Å². The SMILES string of the molecule is CCCC[C@H]1CC[C@H](c2ccccc2C2(OC(F)F)C=CC(C(=O)O)C=C2)CC1. The summed E-state index contributed by atoms with van der Waals surface area (Å²) in [5.74, 6) is -0.774. The number of ether oxygens (including phenoxy) is 1. The third kappa shape index (κ3) is 5.13. The Balaban J connectivity index is 1.87. The van der Waals surface area contributed by atoms with Crippen molar-refractivity contribution in [3.63, 3.8) is 0 Å². The number of carbonyl (C=O) groups is 1. The lowest BCUT2D eigenvalue weighted by Gasteiger charge is -2.36. The molecule has 0 unspecified atom stereocenters. The molecule has 0 heterocycles. The van der Waals surface area contributed by atoms with Gasteiger partial charge in [-0.05, 0) is 60.8 Å². The molecule has 2 aliphatic carbocycles. The molecule has 0 bridgehead atoms. The lowest BCUT2D eigenvalue weighted by Crippen LogP contribution is -2.32. The van der Waals surface area contributed by atoms with Crippen LogP contribution in [-0.2, 0) is 15.1 Å². The molecular formula is C24H30F2O3. The van der Waals surface area contributed by atoms with Crippen LogP contribution in [0.2, 0.25) is 0 Å². The van der Waals surface area contributed by atoms with Crippen LogP contribution in [0.25, 0.3) is 0 Å². The van der Waals surface area contributed by atoms with Gasteiger partial charge in [-0.1, -0.05) is 62.6 Å². The van der Waals surface area contributed by atoms with E-state index in [-0.39, 0.29) is 0 Å². The first-order valence-electron chi connectivity index (χ1n) is 10.6. The smallest absolute Gasteiger partial charge is 0.346 e. The van der Waals surface area contributed by atoms with Gasteiger partial charge in [-0.2, -0.15) is 8.78 Å². The Hall–Kier alpha value is -2.01. The third-order valence-corrected chi connectivity index (χ3v) is 6.31. The van der Waals surface area contributed by atoms with Crippen molar-refractivity contribution in [2.24, 2.45) is 11.8 Å². The topological polar surface area (TPSA) is 46.5 Å². The quantitative estimate of drug-likeness (QED) is 0.509. The van der Waals surface area contributed by atoms with Gasteiger partial charge in [0.2, 0.25) is 0 Å². The molecule has 0 atom stereocenters. The number of rotatable bonds is 8. The van der Waals surface area contributed by atoms with Gasteiger partial charge < -0.3 is 9.84 Å². The number of carboxylic acid groups (broad SMARTS) is 1. The van der Waals surface area contributed by atoms with Gasteiger partial charge in [-0.3, -0.25) is 4.79 Å². The van der Waals surface area contributed by atoms with Gasteiger partial charge in [0.05, 0.1) is 5.92 Å². The summed E-state index contributed by atoms with van der Waals surface area (Å²) in [5, 5.41) is 9.21. The van der Waals surface area contributed by atoms with Gasteiger partial charge in [-0.25, -0.2) is 0 Å². The first kappa shape index (κ1) is 21.7. The maximum absolute atomic E-state index is 13.3. The Morgan fingerprint density at radius 2 is 1.83 bits per heavy atom. The molecule has 1 aromatic carbocycles. The summed E-state index contributed by atoms with van der Waals surface area (Å²) in [6.07, 6.45) is 14.0. The second kappa shape index (κ2) is 9.66. The Bertz CT molecular complexity index is 734. The van der Waals surface area contributed by atoms with Crippen molar-refractivity contribution in [1.29, 1.82) is 0 Å². The molecule has 1 saturated carbocycles. The summed E-state index contributed by atoms with van der Waals surface area (Å²) in [6, 6.07) is 7.60. The molecule has 0 saturated heterocycles. The number of carboxylic acids is 1.